The van der Waals surface area contributed by atoms with E-state index in [0.717, 1.165) is 17.4 Å². The molecule has 2 rings (SSSR count). The third-order valence-electron chi connectivity index (χ3n) is 4.19. The Morgan fingerprint density at radius 2 is 2.00 bits per heavy atom. The van der Waals surface area contributed by atoms with Gasteiger partial charge in [0.2, 0.25) is 5.76 Å². The summed E-state index contributed by atoms with van der Waals surface area (Å²) in [6, 6.07) is 7.46. The molecule has 0 aliphatic rings. The van der Waals surface area contributed by atoms with E-state index >= 15 is 0 Å². The van der Waals surface area contributed by atoms with E-state index in [1.807, 2.05) is 25.2 Å². The van der Waals surface area contributed by atoms with Gasteiger partial charge in [-0.15, -0.1) is 0 Å². The van der Waals surface area contributed by atoms with Crippen LogP contribution in [0.2, 0.25) is 0 Å². The number of carbonyl (C=O) groups is 1. The second kappa shape index (κ2) is 5.29. The van der Waals surface area contributed by atoms with Gasteiger partial charge in [-0.05, 0) is 33.4 Å². The number of hydrogen-bond acceptors (Lipinski definition) is 3. The minimum Gasteiger partial charge on any atom is -0.475 e. The first-order valence-electron chi connectivity index (χ1n) is 6.81. The summed E-state index contributed by atoms with van der Waals surface area (Å²) in [4.78, 5) is 13.5. The molecule has 0 amide bonds. The number of carboxylic acids is 1. The standard InChI is InChI=1S/C16H21NO3/c1-5-16(2,3)17(4)10-12-11-8-6-7-9-13(11)20-14(12)15(18)19/h6-9H,5,10H2,1-4H3,(H,18,19). The molecule has 0 aliphatic carbocycles. The Bertz CT molecular complexity index is 628. The highest BCUT2D eigenvalue weighted by atomic mass is 16.4. The van der Waals surface area contributed by atoms with Crippen LogP contribution < -0.4 is 0 Å². The number of fused-ring (bicyclic) bond motifs is 1. The highest BCUT2D eigenvalue weighted by Crippen LogP contribution is 2.29. The molecule has 0 radical (unpaired) electrons. The Labute approximate surface area is 119 Å². The van der Waals surface area contributed by atoms with Crippen LogP contribution >= 0.6 is 0 Å². The van der Waals surface area contributed by atoms with Gasteiger partial charge in [0, 0.05) is 23.0 Å². The van der Waals surface area contributed by atoms with Crippen molar-refractivity contribution in [1.29, 1.82) is 0 Å². The maximum absolute atomic E-state index is 11.4. The first-order valence-corrected chi connectivity index (χ1v) is 6.81. The smallest absolute Gasteiger partial charge is 0.372 e. The molecule has 0 unspecified atom stereocenters. The van der Waals surface area contributed by atoms with Gasteiger partial charge in [-0.25, -0.2) is 4.79 Å². The number of furan rings is 1. The zero-order valence-electron chi connectivity index (χ0n) is 12.4. The normalized spacial score (nSPS) is 12.2. The van der Waals surface area contributed by atoms with Crippen LogP contribution in [0.5, 0.6) is 0 Å². The Balaban J connectivity index is 2.47. The van der Waals surface area contributed by atoms with Crippen LogP contribution in [0, 0.1) is 0 Å². The summed E-state index contributed by atoms with van der Waals surface area (Å²) in [5.41, 5.74) is 1.38. The number of carboxylic acid groups (broad SMARTS) is 1. The quantitative estimate of drug-likeness (QED) is 0.903. The van der Waals surface area contributed by atoms with Crippen LogP contribution in [-0.4, -0.2) is 28.6 Å². The maximum atomic E-state index is 11.4. The monoisotopic (exact) mass is 275 g/mol. The van der Waals surface area contributed by atoms with Gasteiger partial charge in [-0.2, -0.15) is 0 Å². The maximum Gasteiger partial charge on any atom is 0.372 e. The van der Waals surface area contributed by atoms with Gasteiger partial charge >= 0.3 is 5.97 Å². The van der Waals surface area contributed by atoms with E-state index in [1.54, 1.807) is 6.07 Å². The highest BCUT2D eigenvalue weighted by Gasteiger charge is 2.26. The lowest BCUT2D eigenvalue weighted by atomic mass is 9.98. The van der Waals surface area contributed by atoms with Crippen molar-refractivity contribution >= 4 is 16.9 Å². The van der Waals surface area contributed by atoms with Gasteiger partial charge in [0.05, 0.1) is 0 Å². The average molecular weight is 275 g/mol. The van der Waals surface area contributed by atoms with Gasteiger partial charge in [-0.3, -0.25) is 4.90 Å². The number of benzene rings is 1. The molecule has 108 valence electrons. The molecule has 0 spiro atoms. The van der Waals surface area contributed by atoms with Crippen molar-refractivity contribution in [3.8, 4) is 0 Å². The molecule has 0 saturated carbocycles. The van der Waals surface area contributed by atoms with Crippen LogP contribution in [0.3, 0.4) is 0 Å². The molecular weight excluding hydrogens is 254 g/mol. The summed E-state index contributed by atoms with van der Waals surface area (Å²) in [6.07, 6.45) is 0.988. The first-order chi connectivity index (χ1) is 9.36. The number of rotatable bonds is 5. The predicted octanol–water partition coefficient (Wildman–Crippen LogP) is 3.75. The molecule has 0 saturated heterocycles. The fraction of sp³-hybridized carbons (Fsp3) is 0.438. The fourth-order valence-corrected chi connectivity index (χ4v) is 2.15. The SMILES string of the molecule is CCC(C)(C)N(C)Cc1c(C(=O)O)oc2ccccc12. The minimum atomic E-state index is -1.01. The predicted molar refractivity (Wildman–Crippen MR) is 79.0 cm³/mol. The fourth-order valence-electron chi connectivity index (χ4n) is 2.15. The van der Waals surface area contributed by atoms with E-state index in [0.29, 0.717) is 12.1 Å². The molecule has 1 aromatic heterocycles. The first kappa shape index (κ1) is 14.6. The summed E-state index contributed by atoms with van der Waals surface area (Å²) >= 11 is 0. The van der Waals surface area contributed by atoms with E-state index < -0.39 is 5.97 Å². The summed E-state index contributed by atoms with van der Waals surface area (Å²) in [6.45, 7) is 6.98. The second-order valence-corrected chi connectivity index (χ2v) is 5.73. The van der Waals surface area contributed by atoms with Crippen LogP contribution in [0.25, 0.3) is 11.0 Å². The van der Waals surface area contributed by atoms with Crippen molar-refractivity contribution in [2.75, 3.05) is 7.05 Å². The summed E-state index contributed by atoms with van der Waals surface area (Å²) in [5, 5.41) is 10.2. The lowest BCUT2D eigenvalue weighted by Gasteiger charge is -2.34. The van der Waals surface area contributed by atoms with E-state index in [1.165, 1.54) is 0 Å². The summed E-state index contributed by atoms with van der Waals surface area (Å²) in [7, 11) is 2.01. The molecule has 1 aromatic carbocycles. The number of hydrogen-bond donors (Lipinski definition) is 1. The Kier molecular flexibility index (Phi) is 3.86. The van der Waals surface area contributed by atoms with Crippen molar-refractivity contribution in [1.82, 2.24) is 4.90 Å². The minimum absolute atomic E-state index is 0.00808. The zero-order chi connectivity index (χ0) is 14.9. The summed E-state index contributed by atoms with van der Waals surface area (Å²) < 4.78 is 5.48. The average Bonchev–Trinajstić information content (AvgIpc) is 2.78. The Hall–Kier alpha value is -1.81. The molecule has 0 aliphatic heterocycles. The second-order valence-electron chi connectivity index (χ2n) is 5.73. The third-order valence-corrected chi connectivity index (χ3v) is 4.19. The molecular formula is C16H21NO3. The molecule has 0 bridgehead atoms. The molecule has 1 heterocycles. The van der Waals surface area contributed by atoms with Gasteiger partial charge < -0.3 is 9.52 Å². The Morgan fingerprint density at radius 1 is 1.35 bits per heavy atom. The molecule has 2 aromatic rings. The Morgan fingerprint density at radius 3 is 2.60 bits per heavy atom. The van der Waals surface area contributed by atoms with Gasteiger partial charge in [0.15, 0.2) is 0 Å². The molecule has 4 heteroatoms. The van der Waals surface area contributed by atoms with Crippen molar-refractivity contribution < 1.29 is 14.3 Å². The van der Waals surface area contributed by atoms with Crippen LogP contribution in [0.1, 0.15) is 43.3 Å². The largest absolute Gasteiger partial charge is 0.475 e. The topological polar surface area (TPSA) is 53.7 Å². The zero-order valence-corrected chi connectivity index (χ0v) is 12.4. The lowest BCUT2D eigenvalue weighted by molar-refractivity contribution is 0.0658. The van der Waals surface area contributed by atoms with Crippen LogP contribution in [0.15, 0.2) is 28.7 Å². The number of nitrogens with zero attached hydrogens (tertiary/aromatic N) is 1. The highest BCUT2D eigenvalue weighted by molar-refractivity contribution is 5.95. The molecule has 1 N–H and O–H groups in total. The van der Waals surface area contributed by atoms with Crippen molar-refractivity contribution in [2.45, 2.75) is 39.3 Å². The van der Waals surface area contributed by atoms with Crippen molar-refractivity contribution in [3.05, 3.63) is 35.6 Å². The van der Waals surface area contributed by atoms with Crippen molar-refractivity contribution in [2.24, 2.45) is 0 Å². The van der Waals surface area contributed by atoms with Gasteiger partial charge in [-0.1, -0.05) is 25.1 Å². The van der Waals surface area contributed by atoms with E-state index in [9.17, 15) is 9.90 Å². The van der Waals surface area contributed by atoms with Crippen LogP contribution in [0.4, 0.5) is 0 Å². The summed E-state index contributed by atoms with van der Waals surface area (Å²) in [5.74, 6) is -0.969. The van der Waals surface area contributed by atoms with Crippen LogP contribution in [-0.2, 0) is 6.54 Å². The number of para-hydroxylation sites is 1. The van der Waals surface area contributed by atoms with Crippen molar-refractivity contribution in [3.63, 3.8) is 0 Å². The third kappa shape index (κ3) is 2.56. The van der Waals surface area contributed by atoms with Gasteiger partial charge in [0.1, 0.15) is 5.58 Å². The van der Waals surface area contributed by atoms with E-state index in [4.69, 9.17) is 4.42 Å². The molecule has 0 fully saturated rings. The van der Waals surface area contributed by atoms with Gasteiger partial charge in [0.25, 0.3) is 0 Å². The van der Waals surface area contributed by atoms with E-state index in [-0.39, 0.29) is 11.3 Å². The lowest BCUT2D eigenvalue weighted by Crippen LogP contribution is -2.40. The number of aromatic carboxylic acids is 1. The molecule has 4 nitrogen and oxygen atoms in total. The molecule has 20 heavy (non-hydrogen) atoms. The molecule has 0 atom stereocenters. The van der Waals surface area contributed by atoms with E-state index in [2.05, 4.69) is 25.7 Å².